The lowest BCUT2D eigenvalue weighted by Crippen LogP contribution is -2.38. The van der Waals surface area contributed by atoms with Crippen molar-refractivity contribution in [2.45, 2.75) is 19.8 Å². The maximum Gasteiger partial charge on any atom is 0.263 e. The molecule has 0 saturated carbocycles. The normalized spacial score (nSPS) is 16.9. The number of amides is 1. The standard InChI is InChI=1S/C13H17NO3S/c1-9(16)11-6-12(18-8-11)13(17)14-4-2-10(7-15)3-5-14/h6,8,10,15H,2-5,7H2,1H3. The first-order valence-electron chi connectivity index (χ1n) is 6.11. The Hall–Kier alpha value is -1.20. The van der Waals surface area contributed by atoms with E-state index < -0.39 is 0 Å². The minimum atomic E-state index is -0.00992. The maximum atomic E-state index is 12.2. The van der Waals surface area contributed by atoms with Crippen LogP contribution in [0.3, 0.4) is 0 Å². The van der Waals surface area contributed by atoms with Crippen LogP contribution in [-0.4, -0.2) is 41.4 Å². The van der Waals surface area contributed by atoms with Crippen LogP contribution in [0.2, 0.25) is 0 Å². The van der Waals surface area contributed by atoms with E-state index in [1.165, 1.54) is 18.3 Å². The average molecular weight is 267 g/mol. The van der Waals surface area contributed by atoms with Crippen LogP contribution in [0.25, 0.3) is 0 Å². The van der Waals surface area contributed by atoms with Gasteiger partial charge in [0.1, 0.15) is 0 Å². The minimum Gasteiger partial charge on any atom is -0.396 e. The first-order chi connectivity index (χ1) is 8.61. The first-order valence-corrected chi connectivity index (χ1v) is 6.99. The highest BCUT2D eigenvalue weighted by Crippen LogP contribution is 2.22. The lowest BCUT2D eigenvalue weighted by atomic mass is 9.98. The van der Waals surface area contributed by atoms with Crippen LogP contribution < -0.4 is 0 Å². The van der Waals surface area contributed by atoms with Crippen molar-refractivity contribution in [1.29, 1.82) is 0 Å². The third kappa shape index (κ3) is 2.79. The molecule has 18 heavy (non-hydrogen) atoms. The van der Waals surface area contributed by atoms with E-state index in [0.717, 1.165) is 12.8 Å². The van der Waals surface area contributed by atoms with E-state index in [2.05, 4.69) is 0 Å². The third-order valence-corrected chi connectivity index (χ3v) is 4.29. The summed E-state index contributed by atoms with van der Waals surface area (Å²) in [4.78, 5) is 25.8. The number of likely N-dealkylation sites (tertiary alicyclic amines) is 1. The van der Waals surface area contributed by atoms with E-state index in [-0.39, 0.29) is 18.3 Å². The van der Waals surface area contributed by atoms with Crippen LogP contribution in [0.4, 0.5) is 0 Å². The highest BCUT2D eigenvalue weighted by molar-refractivity contribution is 7.12. The molecule has 0 aliphatic carbocycles. The predicted octanol–water partition coefficient (Wildman–Crippen LogP) is 1.80. The van der Waals surface area contributed by atoms with Gasteiger partial charge < -0.3 is 10.0 Å². The van der Waals surface area contributed by atoms with Gasteiger partial charge in [-0.25, -0.2) is 0 Å². The number of carbonyl (C=O) groups excluding carboxylic acids is 2. The van der Waals surface area contributed by atoms with Crippen LogP contribution in [0.5, 0.6) is 0 Å². The van der Waals surface area contributed by atoms with Gasteiger partial charge in [0.25, 0.3) is 5.91 Å². The number of piperidine rings is 1. The second kappa shape index (κ2) is 5.63. The molecular weight excluding hydrogens is 250 g/mol. The smallest absolute Gasteiger partial charge is 0.263 e. The molecule has 0 radical (unpaired) electrons. The summed E-state index contributed by atoms with van der Waals surface area (Å²) < 4.78 is 0. The lowest BCUT2D eigenvalue weighted by molar-refractivity contribution is 0.0655. The lowest BCUT2D eigenvalue weighted by Gasteiger charge is -2.30. The van der Waals surface area contributed by atoms with Crippen molar-refractivity contribution in [2.24, 2.45) is 5.92 Å². The number of Topliss-reactive ketones (excluding diaryl/α,β-unsaturated/α-hetero) is 1. The Kier molecular flexibility index (Phi) is 4.14. The molecule has 1 aromatic rings. The van der Waals surface area contributed by atoms with Crippen LogP contribution in [0, 0.1) is 5.92 Å². The zero-order chi connectivity index (χ0) is 13.1. The number of rotatable bonds is 3. The molecule has 2 rings (SSSR count). The number of carbonyl (C=O) groups is 2. The summed E-state index contributed by atoms with van der Waals surface area (Å²) in [6.45, 7) is 3.09. The van der Waals surface area contributed by atoms with Crippen molar-refractivity contribution >= 4 is 23.0 Å². The molecule has 2 heterocycles. The zero-order valence-electron chi connectivity index (χ0n) is 10.4. The highest BCUT2D eigenvalue weighted by atomic mass is 32.1. The van der Waals surface area contributed by atoms with Gasteiger partial charge in [0.15, 0.2) is 5.78 Å². The Balaban J connectivity index is 2.01. The third-order valence-electron chi connectivity index (χ3n) is 3.38. The van der Waals surface area contributed by atoms with Gasteiger partial charge in [0, 0.05) is 30.6 Å². The van der Waals surface area contributed by atoms with Crippen molar-refractivity contribution in [2.75, 3.05) is 19.7 Å². The minimum absolute atomic E-state index is 0.00360. The molecule has 0 atom stereocenters. The van der Waals surface area contributed by atoms with Gasteiger partial charge in [-0.05, 0) is 31.7 Å². The molecule has 5 heteroatoms. The van der Waals surface area contributed by atoms with Gasteiger partial charge in [0.2, 0.25) is 0 Å². The van der Waals surface area contributed by atoms with Crippen LogP contribution in [-0.2, 0) is 0 Å². The summed E-state index contributed by atoms with van der Waals surface area (Å²) in [6, 6.07) is 1.67. The van der Waals surface area contributed by atoms with E-state index in [1.807, 2.05) is 4.90 Å². The molecule has 1 aromatic heterocycles. The summed E-state index contributed by atoms with van der Waals surface area (Å²) in [6.07, 6.45) is 1.71. The molecule has 1 saturated heterocycles. The van der Waals surface area contributed by atoms with Crippen molar-refractivity contribution in [3.8, 4) is 0 Å². The molecule has 0 spiro atoms. The number of ketones is 1. The summed E-state index contributed by atoms with van der Waals surface area (Å²) in [7, 11) is 0. The quantitative estimate of drug-likeness (QED) is 0.850. The predicted molar refractivity (Wildman–Crippen MR) is 70.0 cm³/mol. The molecule has 4 nitrogen and oxygen atoms in total. The van der Waals surface area contributed by atoms with E-state index in [4.69, 9.17) is 5.11 Å². The number of hydrogen-bond acceptors (Lipinski definition) is 4. The fourth-order valence-corrected chi connectivity index (χ4v) is 3.02. The molecule has 1 amide bonds. The molecule has 0 aromatic carbocycles. The van der Waals surface area contributed by atoms with E-state index in [9.17, 15) is 9.59 Å². The van der Waals surface area contributed by atoms with Gasteiger partial charge in [-0.2, -0.15) is 0 Å². The molecule has 0 unspecified atom stereocenters. The fraction of sp³-hybridized carbons (Fsp3) is 0.538. The van der Waals surface area contributed by atoms with E-state index in [1.54, 1.807) is 11.4 Å². The topological polar surface area (TPSA) is 57.6 Å². The number of aliphatic hydroxyl groups excluding tert-OH is 1. The molecule has 1 N–H and O–H groups in total. The Labute approximate surface area is 110 Å². The molecule has 1 fully saturated rings. The molecule has 1 aliphatic rings. The van der Waals surface area contributed by atoms with E-state index >= 15 is 0 Å². The number of nitrogens with zero attached hydrogens (tertiary/aromatic N) is 1. The van der Waals surface area contributed by atoms with Crippen molar-refractivity contribution in [1.82, 2.24) is 4.90 Å². The largest absolute Gasteiger partial charge is 0.396 e. The second-order valence-corrected chi connectivity index (χ2v) is 5.59. The molecular formula is C13H17NO3S. The zero-order valence-corrected chi connectivity index (χ0v) is 11.2. The molecule has 0 bridgehead atoms. The van der Waals surface area contributed by atoms with Gasteiger partial charge >= 0.3 is 0 Å². The van der Waals surface area contributed by atoms with Crippen molar-refractivity contribution in [3.05, 3.63) is 21.9 Å². The Bertz CT molecular complexity index is 447. The van der Waals surface area contributed by atoms with Gasteiger partial charge in [-0.1, -0.05) is 0 Å². The van der Waals surface area contributed by atoms with Crippen LogP contribution in [0.15, 0.2) is 11.4 Å². The van der Waals surface area contributed by atoms with Gasteiger partial charge in [-0.3, -0.25) is 9.59 Å². The van der Waals surface area contributed by atoms with Crippen molar-refractivity contribution in [3.63, 3.8) is 0 Å². The monoisotopic (exact) mass is 267 g/mol. The average Bonchev–Trinajstić information content (AvgIpc) is 2.88. The number of aliphatic hydroxyl groups is 1. The summed E-state index contributed by atoms with van der Waals surface area (Å²) >= 11 is 1.32. The van der Waals surface area contributed by atoms with Gasteiger partial charge in [0.05, 0.1) is 4.88 Å². The first kappa shape index (κ1) is 13.2. The molecule has 98 valence electrons. The fourth-order valence-electron chi connectivity index (χ4n) is 2.11. The van der Waals surface area contributed by atoms with Crippen LogP contribution in [0.1, 0.15) is 39.8 Å². The number of hydrogen-bond donors (Lipinski definition) is 1. The van der Waals surface area contributed by atoms with Crippen LogP contribution >= 0.6 is 11.3 Å². The Morgan fingerprint density at radius 2 is 2.11 bits per heavy atom. The Morgan fingerprint density at radius 1 is 1.44 bits per heavy atom. The summed E-state index contributed by atoms with van der Waals surface area (Å²) in [5, 5.41) is 10.8. The summed E-state index contributed by atoms with van der Waals surface area (Å²) in [5.74, 6) is 0.318. The molecule has 1 aliphatic heterocycles. The SMILES string of the molecule is CC(=O)c1csc(C(=O)N2CCC(CO)CC2)c1. The second-order valence-electron chi connectivity index (χ2n) is 4.67. The van der Waals surface area contributed by atoms with Crippen molar-refractivity contribution < 1.29 is 14.7 Å². The number of thiophene rings is 1. The van der Waals surface area contributed by atoms with Gasteiger partial charge in [-0.15, -0.1) is 11.3 Å². The summed E-state index contributed by atoms with van der Waals surface area (Å²) in [5.41, 5.74) is 0.605. The Morgan fingerprint density at radius 3 is 2.61 bits per heavy atom. The van der Waals surface area contributed by atoms with E-state index in [0.29, 0.717) is 29.4 Å². The maximum absolute atomic E-state index is 12.2. The highest BCUT2D eigenvalue weighted by Gasteiger charge is 2.24.